The van der Waals surface area contributed by atoms with Gasteiger partial charge in [-0.05, 0) is 68.3 Å². The van der Waals surface area contributed by atoms with Crippen LogP contribution in [0, 0.1) is 6.92 Å². The highest BCUT2D eigenvalue weighted by Crippen LogP contribution is 2.23. The minimum atomic E-state index is -0.139. The van der Waals surface area contributed by atoms with Crippen LogP contribution in [0.3, 0.4) is 0 Å². The molecule has 1 unspecified atom stereocenters. The monoisotopic (exact) mass is 390 g/mol. The maximum Gasteiger partial charge on any atom is 0.273 e. The van der Waals surface area contributed by atoms with Crippen LogP contribution in [-0.2, 0) is 0 Å². The summed E-state index contributed by atoms with van der Waals surface area (Å²) in [6.07, 6.45) is 2.04. The van der Waals surface area contributed by atoms with Crippen molar-refractivity contribution >= 4 is 17.2 Å². The summed E-state index contributed by atoms with van der Waals surface area (Å²) >= 11 is 1.69. The molecule has 2 N–H and O–H groups in total. The molecule has 148 valence electrons. The Morgan fingerprint density at radius 3 is 2.78 bits per heavy atom. The lowest BCUT2D eigenvalue weighted by molar-refractivity contribution is 0.0929. The number of piperidine rings is 1. The Kier molecular flexibility index (Phi) is 6.98. The van der Waals surface area contributed by atoms with E-state index in [1.807, 2.05) is 11.6 Å². The Labute approximate surface area is 165 Å². The Morgan fingerprint density at radius 1 is 1.41 bits per heavy atom. The molecule has 0 radical (unpaired) electrons. The van der Waals surface area contributed by atoms with Gasteiger partial charge in [0.05, 0.1) is 17.8 Å². The Balaban J connectivity index is 1.68. The highest BCUT2D eigenvalue weighted by atomic mass is 32.1. The number of thiophene rings is 1. The molecule has 0 bridgehead atoms. The summed E-state index contributed by atoms with van der Waals surface area (Å²) in [7, 11) is 0. The van der Waals surface area contributed by atoms with Gasteiger partial charge in [0, 0.05) is 6.54 Å². The molecular weight excluding hydrogens is 360 g/mol. The first kappa shape index (κ1) is 20.0. The van der Waals surface area contributed by atoms with Gasteiger partial charge in [0.2, 0.25) is 0 Å². The van der Waals surface area contributed by atoms with Crippen molar-refractivity contribution in [1.82, 2.24) is 30.5 Å². The average Bonchev–Trinajstić information content (AvgIpc) is 3.35. The molecule has 2 aromatic rings. The molecule has 0 spiro atoms. The van der Waals surface area contributed by atoms with Crippen molar-refractivity contribution in [3.63, 3.8) is 0 Å². The van der Waals surface area contributed by atoms with E-state index >= 15 is 0 Å². The van der Waals surface area contributed by atoms with Crippen molar-refractivity contribution in [3.8, 4) is 0 Å². The van der Waals surface area contributed by atoms with Gasteiger partial charge in [0.25, 0.3) is 5.91 Å². The van der Waals surface area contributed by atoms with Gasteiger partial charge in [-0.3, -0.25) is 9.69 Å². The SMILES string of the molecule is CCN(CC)C(CNC(=O)c1nnn(C2CCNCC2)c1C)c1ccsc1. The number of rotatable bonds is 8. The molecule has 1 aliphatic heterocycles. The summed E-state index contributed by atoms with van der Waals surface area (Å²) < 4.78 is 1.93. The normalized spacial score (nSPS) is 16.6. The third-order valence-electron chi connectivity index (χ3n) is 5.43. The van der Waals surface area contributed by atoms with Crippen LogP contribution in [0.5, 0.6) is 0 Å². The van der Waals surface area contributed by atoms with E-state index in [1.54, 1.807) is 11.3 Å². The fraction of sp³-hybridized carbons (Fsp3) is 0.632. The van der Waals surface area contributed by atoms with Gasteiger partial charge in [-0.15, -0.1) is 5.10 Å². The van der Waals surface area contributed by atoms with E-state index in [0.717, 1.165) is 44.7 Å². The van der Waals surface area contributed by atoms with Gasteiger partial charge >= 0.3 is 0 Å². The van der Waals surface area contributed by atoms with Crippen LogP contribution in [-0.4, -0.2) is 58.5 Å². The first-order valence-electron chi connectivity index (χ1n) is 9.82. The molecule has 1 saturated heterocycles. The number of hydrogen-bond acceptors (Lipinski definition) is 6. The molecule has 1 amide bonds. The molecule has 8 heteroatoms. The number of hydrogen-bond donors (Lipinski definition) is 2. The molecule has 7 nitrogen and oxygen atoms in total. The van der Waals surface area contributed by atoms with E-state index in [-0.39, 0.29) is 11.9 Å². The summed E-state index contributed by atoms with van der Waals surface area (Å²) in [5.74, 6) is -0.139. The third-order valence-corrected chi connectivity index (χ3v) is 6.14. The van der Waals surface area contributed by atoms with E-state index in [0.29, 0.717) is 18.3 Å². The molecule has 1 aliphatic rings. The van der Waals surface area contributed by atoms with Gasteiger partial charge in [-0.25, -0.2) is 4.68 Å². The van der Waals surface area contributed by atoms with Gasteiger partial charge in [0.1, 0.15) is 0 Å². The summed E-state index contributed by atoms with van der Waals surface area (Å²) in [6.45, 7) is 10.7. The highest BCUT2D eigenvalue weighted by molar-refractivity contribution is 7.07. The van der Waals surface area contributed by atoms with Crippen LogP contribution in [0.2, 0.25) is 0 Å². The average molecular weight is 391 g/mol. The topological polar surface area (TPSA) is 75.1 Å². The van der Waals surface area contributed by atoms with E-state index < -0.39 is 0 Å². The zero-order chi connectivity index (χ0) is 19.2. The Hall–Kier alpha value is -1.77. The van der Waals surface area contributed by atoms with Crippen molar-refractivity contribution < 1.29 is 4.79 Å². The lowest BCUT2D eigenvalue weighted by Crippen LogP contribution is -2.38. The maximum atomic E-state index is 12.8. The van der Waals surface area contributed by atoms with Crippen molar-refractivity contribution in [2.24, 2.45) is 0 Å². The lowest BCUT2D eigenvalue weighted by Gasteiger charge is -2.29. The number of aromatic nitrogens is 3. The van der Waals surface area contributed by atoms with E-state index in [1.165, 1.54) is 5.56 Å². The minimum Gasteiger partial charge on any atom is -0.349 e. The number of amides is 1. The maximum absolute atomic E-state index is 12.8. The Morgan fingerprint density at radius 2 is 2.15 bits per heavy atom. The summed E-state index contributed by atoms with van der Waals surface area (Å²) in [6, 6.07) is 2.64. The molecule has 0 aromatic carbocycles. The zero-order valence-electron chi connectivity index (χ0n) is 16.4. The predicted octanol–water partition coefficient (Wildman–Crippen LogP) is 2.39. The van der Waals surface area contributed by atoms with Crippen LogP contribution in [0.4, 0.5) is 0 Å². The number of nitrogens with zero attached hydrogens (tertiary/aromatic N) is 4. The molecule has 0 saturated carbocycles. The number of likely N-dealkylation sites (N-methyl/N-ethyl adjacent to an activating group) is 1. The second kappa shape index (κ2) is 9.43. The molecule has 2 aromatic heterocycles. The van der Waals surface area contributed by atoms with Crippen LogP contribution < -0.4 is 10.6 Å². The quantitative estimate of drug-likeness (QED) is 0.724. The third kappa shape index (κ3) is 4.56. The highest BCUT2D eigenvalue weighted by Gasteiger charge is 2.24. The van der Waals surface area contributed by atoms with Crippen LogP contribution in [0.15, 0.2) is 16.8 Å². The minimum absolute atomic E-state index is 0.139. The first-order chi connectivity index (χ1) is 13.2. The fourth-order valence-corrected chi connectivity index (χ4v) is 4.52. The summed E-state index contributed by atoms with van der Waals surface area (Å²) in [5.41, 5.74) is 2.55. The van der Waals surface area contributed by atoms with Crippen molar-refractivity contribution in [1.29, 1.82) is 0 Å². The van der Waals surface area contributed by atoms with Gasteiger partial charge in [-0.2, -0.15) is 11.3 Å². The van der Waals surface area contributed by atoms with Crippen molar-refractivity contribution in [2.75, 3.05) is 32.7 Å². The Bertz CT molecular complexity index is 719. The van der Waals surface area contributed by atoms with Gasteiger partial charge in [0.15, 0.2) is 5.69 Å². The number of carbonyl (C=O) groups is 1. The molecule has 27 heavy (non-hydrogen) atoms. The van der Waals surface area contributed by atoms with Crippen LogP contribution >= 0.6 is 11.3 Å². The lowest BCUT2D eigenvalue weighted by atomic mass is 10.1. The van der Waals surface area contributed by atoms with Crippen LogP contribution in [0.1, 0.15) is 60.5 Å². The largest absolute Gasteiger partial charge is 0.349 e. The predicted molar refractivity (Wildman–Crippen MR) is 108 cm³/mol. The first-order valence-corrected chi connectivity index (χ1v) is 10.8. The summed E-state index contributed by atoms with van der Waals surface area (Å²) in [4.78, 5) is 15.1. The van der Waals surface area contributed by atoms with Crippen molar-refractivity contribution in [2.45, 2.75) is 45.7 Å². The number of nitrogens with one attached hydrogen (secondary N) is 2. The molecule has 1 fully saturated rings. The molecule has 0 aliphatic carbocycles. The molecule has 1 atom stereocenters. The zero-order valence-corrected chi connectivity index (χ0v) is 17.3. The van der Waals surface area contributed by atoms with E-state index in [4.69, 9.17) is 0 Å². The fourth-order valence-electron chi connectivity index (χ4n) is 3.81. The van der Waals surface area contributed by atoms with Gasteiger partial charge < -0.3 is 10.6 Å². The molecule has 3 heterocycles. The second-order valence-electron chi connectivity index (χ2n) is 6.95. The molecular formula is C19H30N6OS. The van der Waals surface area contributed by atoms with E-state index in [9.17, 15) is 4.79 Å². The smallest absolute Gasteiger partial charge is 0.273 e. The van der Waals surface area contributed by atoms with Gasteiger partial charge in [-0.1, -0.05) is 19.1 Å². The molecule has 3 rings (SSSR count). The summed E-state index contributed by atoms with van der Waals surface area (Å²) in [5, 5.41) is 19.2. The number of carbonyl (C=O) groups excluding carboxylic acids is 1. The second-order valence-corrected chi connectivity index (χ2v) is 7.73. The van der Waals surface area contributed by atoms with Crippen molar-refractivity contribution in [3.05, 3.63) is 33.8 Å². The van der Waals surface area contributed by atoms with E-state index in [2.05, 4.69) is 56.5 Å². The van der Waals surface area contributed by atoms with Crippen LogP contribution in [0.25, 0.3) is 0 Å². The standard InChI is InChI=1S/C19H30N6OS/c1-4-24(5-2)17(15-8-11-27-13-15)12-21-19(26)18-14(3)25(23-22-18)16-6-9-20-10-7-16/h8,11,13,16-17,20H,4-7,9-10,12H2,1-3H3,(H,21,26).